The molecule has 0 atom stereocenters. The maximum Gasteiger partial charge on any atom is 0.262 e. The van der Waals surface area contributed by atoms with Crippen molar-refractivity contribution in [3.05, 3.63) is 46.8 Å². The van der Waals surface area contributed by atoms with Crippen molar-refractivity contribution < 1.29 is 9.53 Å². The first-order valence-corrected chi connectivity index (χ1v) is 6.52. The Hall–Kier alpha value is -2.83. The SMILES string of the molecule is N#Cc1ccccc1OCC(=O)Nc1sccc1C#N. The number of para-hydroxylation sites is 1. The minimum absolute atomic E-state index is 0.221. The summed E-state index contributed by atoms with van der Waals surface area (Å²) in [6.07, 6.45) is 0. The van der Waals surface area contributed by atoms with E-state index in [4.69, 9.17) is 15.3 Å². The van der Waals surface area contributed by atoms with E-state index < -0.39 is 0 Å². The summed E-state index contributed by atoms with van der Waals surface area (Å²) in [5.74, 6) is -0.0199. The second kappa shape index (κ2) is 6.37. The number of amides is 1. The van der Waals surface area contributed by atoms with Crippen LogP contribution in [0.25, 0.3) is 0 Å². The zero-order chi connectivity index (χ0) is 14.4. The minimum atomic E-state index is -0.378. The van der Waals surface area contributed by atoms with Crippen molar-refractivity contribution >= 4 is 22.2 Å². The first kappa shape index (κ1) is 13.6. The smallest absolute Gasteiger partial charge is 0.262 e. The molecule has 20 heavy (non-hydrogen) atoms. The largest absolute Gasteiger partial charge is 0.482 e. The molecule has 1 amide bonds. The van der Waals surface area contributed by atoms with Crippen LogP contribution in [0, 0.1) is 22.7 Å². The molecule has 0 fully saturated rings. The highest BCUT2D eigenvalue weighted by Gasteiger charge is 2.10. The molecule has 6 heteroatoms. The molecule has 0 saturated carbocycles. The molecule has 0 radical (unpaired) electrons. The number of rotatable bonds is 4. The molecule has 98 valence electrons. The molecule has 0 aliphatic rings. The van der Waals surface area contributed by atoms with Crippen molar-refractivity contribution in [3.63, 3.8) is 0 Å². The van der Waals surface area contributed by atoms with E-state index >= 15 is 0 Å². The molecule has 1 aromatic heterocycles. The number of carbonyl (C=O) groups excluding carboxylic acids is 1. The summed E-state index contributed by atoms with van der Waals surface area (Å²) < 4.78 is 5.30. The van der Waals surface area contributed by atoms with Gasteiger partial charge in [0, 0.05) is 0 Å². The predicted octanol–water partition coefficient (Wildman–Crippen LogP) is 2.51. The molecule has 0 unspecified atom stereocenters. The average Bonchev–Trinajstić information content (AvgIpc) is 2.92. The molecular weight excluding hydrogens is 274 g/mol. The monoisotopic (exact) mass is 283 g/mol. The summed E-state index contributed by atoms with van der Waals surface area (Å²) in [5.41, 5.74) is 0.787. The molecule has 0 saturated heterocycles. The highest BCUT2D eigenvalue weighted by atomic mass is 32.1. The van der Waals surface area contributed by atoms with Crippen LogP contribution in [-0.4, -0.2) is 12.5 Å². The Kier molecular flexibility index (Phi) is 4.33. The first-order chi connectivity index (χ1) is 9.74. The van der Waals surface area contributed by atoms with Crippen LogP contribution in [0.5, 0.6) is 5.75 Å². The third kappa shape index (κ3) is 3.14. The molecule has 0 aliphatic carbocycles. The normalized spacial score (nSPS) is 9.30. The van der Waals surface area contributed by atoms with E-state index in [1.54, 1.807) is 35.7 Å². The van der Waals surface area contributed by atoms with E-state index in [-0.39, 0.29) is 12.5 Å². The minimum Gasteiger partial charge on any atom is -0.482 e. The highest BCUT2D eigenvalue weighted by molar-refractivity contribution is 7.14. The number of nitriles is 2. The Morgan fingerprint density at radius 3 is 2.70 bits per heavy atom. The van der Waals surface area contributed by atoms with E-state index in [1.165, 1.54) is 11.3 Å². The van der Waals surface area contributed by atoms with Gasteiger partial charge in [-0.25, -0.2) is 0 Å². The average molecular weight is 283 g/mol. The molecule has 0 aliphatic heterocycles. The molecule has 1 N–H and O–H groups in total. The highest BCUT2D eigenvalue weighted by Crippen LogP contribution is 2.22. The van der Waals surface area contributed by atoms with E-state index in [0.29, 0.717) is 21.9 Å². The molecule has 1 aromatic carbocycles. The Morgan fingerprint density at radius 1 is 1.20 bits per heavy atom. The van der Waals surface area contributed by atoms with Crippen LogP contribution >= 0.6 is 11.3 Å². The van der Waals surface area contributed by atoms with Gasteiger partial charge in [-0.3, -0.25) is 4.79 Å². The quantitative estimate of drug-likeness (QED) is 0.934. The van der Waals surface area contributed by atoms with Crippen molar-refractivity contribution in [2.24, 2.45) is 0 Å². The molecule has 2 rings (SSSR count). The summed E-state index contributed by atoms with van der Waals surface area (Å²) in [6.45, 7) is -0.221. The van der Waals surface area contributed by atoms with Crippen molar-refractivity contribution in [2.75, 3.05) is 11.9 Å². The van der Waals surface area contributed by atoms with Crippen LogP contribution in [0.1, 0.15) is 11.1 Å². The molecule has 5 nitrogen and oxygen atoms in total. The predicted molar refractivity (Wildman–Crippen MR) is 74.3 cm³/mol. The van der Waals surface area contributed by atoms with Crippen molar-refractivity contribution in [2.45, 2.75) is 0 Å². The third-order valence-electron chi connectivity index (χ3n) is 2.40. The van der Waals surface area contributed by atoms with Crippen molar-refractivity contribution in [1.29, 1.82) is 10.5 Å². The fraction of sp³-hybridized carbons (Fsp3) is 0.0714. The molecule has 2 aromatic rings. The van der Waals surface area contributed by atoms with E-state index in [9.17, 15) is 4.79 Å². The van der Waals surface area contributed by atoms with Gasteiger partial charge in [0.2, 0.25) is 0 Å². The topological polar surface area (TPSA) is 85.9 Å². The molecule has 0 bridgehead atoms. The third-order valence-corrected chi connectivity index (χ3v) is 3.23. The second-order valence-electron chi connectivity index (χ2n) is 3.72. The lowest BCUT2D eigenvalue weighted by Gasteiger charge is -2.07. The van der Waals surface area contributed by atoms with Crippen LogP contribution < -0.4 is 10.1 Å². The van der Waals surface area contributed by atoms with E-state index in [0.717, 1.165) is 0 Å². The summed E-state index contributed by atoms with van der Waals surface area (Å²) in [4.78, 5) is 11.7. The van der Waals surface area contributed by atoms with E-state index in [1.807, 2.05) is 12.1 Å². The zero-order valence-electron chi connectivity index (χ0n) is 10.3. The Bertz CT molecular complexity index is 710. The van der Waals surface area contributed by atoms with Crippen molar-refractivity contribution in [3.8, 4) is 17.9 Å². The number of nitrogens with one attached hydrogen (secondary N) is 1. The van der Waals surface area contributed by atoms with Gasteiger partial charge in [-0.1, -0.05) is 12.1 Å². The van der Waals surface area contributed by atoms with Gasteiger partial charge in [0.05, 0.1) is 11.1 Å². The van der Waals surface area contributed by atoms with Gasteiger partial charge in [-0.05, 0) is 23.6 Å². The molecule has 0 spiro atoms. The summed E-state index contributed by atoms with van der Waals surface area (Å²) >= 11 is 1.27. The van der Waals surface area contributed by atoms with Gasteiger partial charge in [-0.15, -0.1) is 11.3 Å². The second-order valence-corrected chi connectivity index (χ2v) is 4.64. The maximum absolute atomic E-state index is 11.7. The summed E-state index contributed by atoms with van der Waals surface area (Å²) in [7, 11) is 0. The number of anilines is 1. The van der Waals surface area contributed by atoms with Crippen LogP contribution in [0.3, 0.4) is 0 Å². The standard InChI is InChI=1S/C14H9N3O2S/c15-7-10-3-1-2-4-12(10)19-9-13(18)17-14-11(8-16)5-6-20-14/h1-6H,9H2,(H,17,18). The summed E-state index contributed by atoms with van der Waals surface area (Å²) in [5, 5.41) is 22.5. The molecular formula is C14H9N3O2S. The first-order valence-electron chi connectivity index (χ1n) is 5.64. The number of benzene rings is 1. The van der Waals surface area contributed by atoms with E-state index in [2.05, 4.69) is 5.32 Å². The van der Waals surface area contributed by atoms with Crippen LogP contribution in [0.4, 0.5) is 5.00 Å². The van der Waals surface area contributed by atoms with Gasteiger partial charge in [0.1, 0.15) is 22.9 Å². The zero-order valence-corrected chi connectivity index (χ0v) is 11.1. The number of nitrogens with zero attached hydrogens (tertiary/aromatic N) is 2. The van der Waals surface area contributed by atoms with Gasteiger partial charge in [0.15, 0.2) is 6.61 Å². The number of ether oxygens (including phenoxy) is 1. The Balaban J connectivity index is 1.97. The van der Waals surface area contributed by atoms with Gasteiger partial charge in [-0.2, -0.15) is 10.5 Å². The fourth-order valence-electron chi connectivity index (χ4n) is 1.48. The van der Waals surface area contributed by atoms with Gasteiger partial charge in [0.25, 0.3) is 5.91 Å². The van der Waals surface area contributed by atoms with Gasteiger partial charge >= 0.3 is 0 Å². The lowest BCUT2D eigenvalue weighted by Crippen LogP contribution is -2.20. The van der Waals surface area contributed by atoms with Gasteiger partial charge < -0.3 is 10.1 Å². The number of carbonyl (C=O) groups is 1. The van der Waals surface area contributed by atoms with Crippen molar-refractivity contribution in [1.82, 2.24) is 0 Å². The summed E-state index contributed by atoms with van der Waals surface area (Å²) in [6, 6.07) is 12.3. The Morgan fingerprint density at radius 2 is 1.95 bits per heavy atom. The Labute approximate surface area is 119 Å². The molecule has 1 heterocycles. The number of hydrogen-bond donors (Lipinski definition) is 1. The maximum atomic E-state index is 11.7. The number of hydrogen-bond acceptors (Lipinski definition) is 5. The van der Waals surface area contributed by atoms with Crippen LogP contribution in [0.2, 0.25) is 0 Å². The fourth-order valence-corrected chi connectivity index (χ4v) is 2.24. The van der Waals surface area contributed by atoms with Crippen LogP contribution in [-0.2, 0) is 4.79 Å². The lowest BCUT2D eigenvalue weighted by atomic mass is 10.2. The van der Waals surface area contributed by atoms with Crippen LogP contribution in [0.15, 0.2) is 35.7 Å². The lowest BCUT2D eigenvalue weighted by molar-refractivity contribution is -0.118. The number of thiophene rings is 1.